The molecule has 0 amide bonds. The molecule has 3 aromatic heterocycles. The second-order valence-corrected chi connectivity index (χ2v) is 6.70. The molecule has 4 rings (SSSR count). The van der Waals surface area contributed by atoms with E-state index in [0.717, 1.165) is 35.2 Å². The van der Waals surface area contributed by atoms with E-state index in [1.807, 2.05) is 24.6 Å². The summed E-state index contributed by atoms with van der Waals surface area (Å²) in [5, 5.41) is 7.09. The van der Waals surface area contributed by atoms with Gasteiger partial charge in [-0.3, -0.25) is 4.98 Å². The van der Waals surface area contributed by atoms with Crippen LogP contribution in [-0.2, 0) is 6.42 Å². The van der Waals surface area contributed by atoms with Gasteiger partial charge < -0.3 is 9.42 Å². The standard InChI is InChI=1S/C16H17N5OS/c1-11-18-12(10-23-11)8-15-19-16(20-22-15)14-5-4-13(9-17-14)21-6-2-3-7-21/h4-5,9-10H,2-3,6-8H2,1H3. The van der Waals surface area contributed by atoms with Gasteiger partial charge in [0.05, 0.1) is 29.0 Å². The van der Waals surface area contributed by atoms with Gasteiger partial charge in [0.2, 0.25) is 11.7 Å². The molecule has 4 heterocycles. The number of anilines is 1. The Morgan fingerprint density at radius 1 is 1.22 bits per heavy atom. The van der Waals surface area contributed by atoms with E-state index in [-0.39, 0.29) is 0 Å². The first-order valence-electron chi connectivity index (χ1n) is 7.73. The second-order valence-electron chi connectivity index (χ2n) is 5.64. The molecule has 0 spiro atoms. The highest BCUT2D eigenvalue weighted by atomic mass is 32.1. The van der Waals surface area contributed by atoms with Gasteiger partial charge in [0.1, 0.15) is 5.69 Å². The maximum absolute atomic E-state index is 5.32. The highest BCUT2D eigenvalue weighted by molar-refractivity contribution is 7.09. The molecule has 0 N–H and O–H groups in total. The first-order chi connectivity index (χ1) is 11.3. The van der Waals surface area contributed by atoms with Gasteiger partial charge >= 0.3 is 0 Å². The van der Waals surface area contributed by atoms with Gasteiger partial charge in [-0.05, 0) is 31.9 Å². The van der Waals surface area contributed by atoms with Crippen LogP contribution in [0, 0.1) is 6.92 Å². The van der Waals surface area contributed by atoms with Gasteiger partial charge in [-0.25, -0.2) is 4.98 Å². The highest BCUT2D eigenvalue weighted by Crippen LogP contribution is 2.22. The summed E-state index contributed by atoms with van der Waals surface area (Å²) < 4.78 is 5.32. The molecule has 0 unspecified atom stereocenters. The topological polar surface area (TPSA) is 67.9 Å². The monoisotopic (exact) mass is 327 g/mol. The Bertz CT molecular complexity index is 789. The molecule has 1 saturated heterocycles. The van der Waals surface area contributed by atoms with Crippen molar-refractivity contribution in [1.82, 2.24) is 20.1 Å². The predicted octanol–water partition coefficient (Wildman–Crippen LogP) is 3.09. The van der Waals surface area contributed by atoms with E-state index in [9.17, 15) is 0 Å². The molecule has 0 bridgehead atoms. The van der Waals surface area contributed by atoms with Crippen molar-refractivity contribution in [2.75, 3.05) is 18.0 Å². The van der Waals surface area contributed by atoms with Gasteiger partial charge in [-0.15, -0.1) is 11.3 Å². The summed E-state index contributed by atoms with van der Waals surface area (Å²) in [5.41, 5.74) is 2.85. The molecule has 0 radical (unpaired) electrons. The first-order valence-corrected chi connectivity index (χ1v) is 8.61. The van der Waals surface area contributed by atoms with Crippen molar-refractivity contribution >= 4 is 17.0 Å². The number of nitrogens with zero attached hydrogens (tertiary/aromatic N) is 5. The Morgan fingerprint density at radius 3 is 2.78 bits per heavy atom. The van der Waals surface area contributed by atoms with Crippen LogP contribution in [0.4, 0.5) is 5.69 Å². The van der Waals surface area contributed by atoms with Crippen LogP contribution in [0.25, 0.3) is 11.5 Å². The van der Waals surface area contributed by atoms with E-state index in [2.05, 4.69) is 31.1 Å². The molecule has 23 heavy (non-hydrogen) atoms. The summed E-state index contributed by atoms with van der Waals surface area (Å²) >= 11 is 1.62. The molecule has 0 aliphatic carbocycles. The summed E-state index contributed by atoms with van der Waals surface area (Å²) in [7, 11) is 0. The third-order valence-corrected chi connectivity index (χ3v) is 4.74. The van der Waals surface area contributed by atoms with Crippen LogP contribution in [0.5, 0.6) is 0 Å². The maximum atomic E-state index is 5.32. The van der Waals surface area contributed by atoms with Crippen molar-refractivity contribution in [1.29, 1.82) is 0 Å². The normalized spacial score (nSPS) is 14.6. The molecule has 1 fully saturated rings. The van der Waals surface area contributed by atoms with Gasteiger partial charge in [0.15, 0.2) is 0 Å². The Kier molecular flexibility index (Phi) is 3.78. The minimum Gasteiger partial charge on any atom is -0.370 e. The summed E-state index contributed by atoms with van der Waals surface area (Å²) in [6.07, 6.45) is 4.96. The number of aromatic nitrogens is 4. The van der Waals surface area contributed by atoms with E-state index >= 15 is 0 Å². The fourth-order valence-electron chi connectivity index (χ4n) is 2.76. The largest absolute Gasteiger partial charge is 0.370 e. The highest BCUT2D eigenvalue weighted by Gasteiger charge is 2.15. The summed E-state index contributed by atoms with van der Waals surface area (Å²) in [4.78, 5) is 15.7. The summed E-state index contributed by atoms with van der Waals surface area (Å²) in [6.45, 7) is 4.21. The SMILES string of the molecule is Cc1nc(Cc2nc(-c3ccc(N4CCCC4)cn3)no2)cs1. The van der Waals surface area contributed by atoms with Crippen LogP contribution in [0.3, 0.4) is 0 Å². The lowest BCUT2D eigenvalue weighted by molar-refractivity contribution is 0.385. The minimum atomic E-state index is 0.528. The van der Waals surface area contributed by atoms with E-state index in [0.29, 0.717) is 18.1 Å². The first kappa shape index (κ1) is 14.3. The predicted molar refractivity (Wildman–Crippen MR) is 88.6 cm³/mol. The third-order valence-electron chi connectivity index (χ3n) is 3.92. The van der Waals surface area contributed by atoms with Crippen LogP contribution in [0.2, 0.25) is 0 Å². The second kappa shape index (κ2) is 6.08. The van der Waals surface area contributed by atoms with Crippen molar-refractivity contribution in [2.45, 2.75) is 26.2 Å². The molecule has 118 valence electrons. The van der Waals surface area contributed by atoms with Crippen molar-refractivity contribution in [2.24, 2.45) is 0 Å². The average Bonchev–Trinajstić information content (AvgIpc) is 3.30. The Morgan fingerprint density at radius 2 is 2.09 bits per heavy atom. The van der Waals surface area contributed by atoms with Crippen LogP contribution in [-0.4, -0.2) is 33.2 Å². The molecule has 3 aromatic rings. The van der Waals surface area contributed by atoms with Gasteiger partial charge in [-0.2, -0.15) is 4.98 Å². The van der Waals surface area contributed by atoms with Crippen molar-refractivity contribution in [3.05, 3.63) is 40.3 Å². The average molecular weight is 327 g/mol. The maximum Gasteiger partial charge on any atom is 0.233 e. The van der Waals surface area contributed by atoms with Crippen molar-refractivity contribution in [3.8, 4) is 11.5 Å². The molecular formula is C16H17N5OS. The van der Waals surface area contributed by atoms with Gasteiger partial charge in [0.25, 0.3) is 0 Å². The lowest BCUT2D eigenvalue weighted by Gasteiger charge is -2.16. The lowest BCUT2D eigenvalue weighted by atomic mass is 10.3. The van der Waals surface area contributed by atoms with Gasteiger partial charge in [-0.1, -0.05) is 5.16 Å². The fourth-order valence-corrected chi connectivity index (χ4v) is 3.37. The lowest BCUT2D eigenvalue weighted by Crippen LogP contribution is -2.17. The third kappa shape index (κ3) is 3.10. The smallest absolute Gasteiger partial charge is 0.233 e. The van der Waals surface area contributed by atoms with Crippen LogP contribution in [0.15, 0.2) is 28.2 Å². The van der Waals surface area contributed by atoms with E-state index in [1.165, 1.54) is 12.8 Å². The number of hydrogen-bond donors (Lipinski definition) is 0. The Labute approximate surface area is 138 Å². The molecule has 7 heteroatoms. The zero-order chi connectivity index (χ0) is 15.6. The number of aryl methyl sites for hydroxylation is 1. The molecule has 1 aliphatic heterocycles. The number of hydrogen-bond acceptors (Lipinski definition) is 7. The molecule has 0 saturated carbocycles. The van der Waals surface area contributed by atoms with Crippen LogP contribution in [0.1, 0.15) is 29.4 Å². The van der Waals surface area contributed by atoms with E-state index < -0.39 is 0 Å². The molecule has 1 aliphatic rings. The summed E-state index contributed by atoms with van der Waals surface area (Å²) in [5.74, 6) is 1.09. The fraction of sp³-hybridized carbons (Fsp3) is 0.375. The van der Waals surface area contributed by atoms with Crippen LogP contribution >= 0.6 is 11.3 Å². The molecule has 6 nitrogen and oxygen atoms in total. The zero-order valence-electron chi connectivity index (χ0n) is 12.9. The summed E-state index contributed by atoms with van der Waals surface area (Å²) in [6, 6.07) is 4.03. The van der Waals surface area contributed by atoms with E-state index in [1.54, 1.807) is 11.3 Å². The Balaban J connectivity index is 1.49. The van der Waals surface area contributed by atoms with Crippen LogP contribution < -0.4 is 4.90 Å². The van der Waals surface area contributed by atoms with Gasteiger partial charge in [0, 0.05) is 18.5 Å². The molecule has 0 aromatic carbocycles. The van der Waals surface area contributed by atoms with Crippen molar-refractivity contribution in [3.63, 3.8) is 0 Å². The van der Waals surface area contributed by atoms with E-state index in [4.69, 9.17) is 4.52 Å². The molecule has 0 atom stereocenters. The minimum absolute atomic E-state index is 0.528. The molecular weight excluding hydrogens is 310 g/mol. The Hall–Kier alpha value is -2.28. The zero-order valence-corrected chi connectivity index (χ0v) is 13.7. The quantitative estimate of drug-likeness (QED) is 0.733. The number of rotatable bonds is 4. The number of pyridine rings is 1. The van der Waals surface area contributed by atoms with Crippen molar-refractivity contribution < 1.29 is 4.52 Å². The number of thiazole rings is 1.